The summed E-state index contributed by atoms with van der Waals surface area (Å²) in [6, 6.07) is 1.10. The van der Waals surface area contributed by atoms with E-state index in [2.05, 4.69) is 4.72 Å². The Balaban J connectivity index is 2.72. The minimum absolute atomic E-state index is 0.00884. The number of carboxylic acid groups (broad SMARTS) is 1. The lowest BCUT2D eigenvalue weighted by molar-refractivity contribution is -0.856. The standard InChI is InChI=1S/C9H14N2O4S2/c1-11(2)4-3-10-17(14,15)8-5-7(6-16-8)9(12)13/h5-6,10H,3-4H2,1-2H3,(H,12,13). The van der Waals surface area contributed by atoms with E-state index in [0.29, 0.717) is 13.1 Å². The van der Waals surface area contributed by atoms with Crippen molar-refractivity contribution in [3.05, 3.63) is 17.0 Å². The van der Waals surface area contributed by atoms with Gasteiger partial charge in [0, 0.05) is 10.9 Å². The second-order valence-corrected chi connectivity index (χ2v) is 6.70. The van der Waals surface area contributed by atoms with Crippen molar-refractivity contribution in [3.8, 4) is 0 Å². The summed E-state index contributed by atoms with van der Waals surface area (Å²) in [5, 5.41) is 11.8. The quantitative estimate of drug-likeness (QED) is 0.603. The number of carbonyl (C=O) groups excluding carboxylic acids is 1. The van der Waals surface area contributed by atoms with Crippen molar-refractivity contribution < 1.29 is 23.2 Å². The molecule has 0 fully saturated rings. The molecule has 0 aliphatic rings. The zero-order valence-electron chi connectivity index (χ0n) is 9.52. The molecular formula is C9H14N2O4S2. The second-order valence-electron chi connectivity index (χ2n) is 3.80. The highest BCUT2D eigenvalue weighted by molar-refractivity contribution is 7.91. The van der Waals surface area contributed by atoms with Crippen LogP contribution in [0.3, 0.4) is 0 Å². The van der Waals surface area contributed by atoms with Gasteiger partial charge in [-0.2, -0.15) is 0 Å². The van der Waals surface area contributed by atoms with Gasteiger partial charge < -0.3 is 14.8 Å². The van der Waals surface area contributed by atoms with E-state index in [0.717, 1.165) is 22.3 Å². The van der Waals surface area contributed by atoms with Gasteiger partial charge in [-0.15, -0.1) is 11.3 Å². The van der Waals surface area contributed by atoms with Crippen LogP contribution in [0.1, 0.15) is 10.4 Å². The lowest BCUT2D eigenvalue weighted by atomic mass is 10.4. The van der Waals surface area contributed by atoms with Gasteiger partial charge in [-0.1, -0.05) is 0 Å². The van der Waals surface area contributed by atoms with Crippen LogP contribution in [0.2, 0.25) is 0 Å². The number of sulfonamides is 1. The lowest BCUT2D eigenvalue weighted by Crippen LogP contribution is -3.06. The van der Waals surface area contributed by atoms with Gasteiger partial charge in [-0.3, -0.25) is 0 Å². The van der Waals surface area contributed by atoms with Crippen molar-refractivity contribution in [2.45, 2.75) is 4.21 Å². The fourth-order valence-electron chi connectivity index (χ4n) is 1.07. The minimum Gasteiger partial charge on any atom is -0.545 e. The van der Waals surface area contributed by atoms with E-state index in [1.54, 1.807) is 0 Å². The number of hydrogen-bond acceptors (Lipinski definition) is 5. The molecule has 6 nitrogen and oxygen atoms in total. The van der Waals surface area contributed by atoms with Crippen LogP contribution in [0.15, 0.2) is 15.7 Å². The Morgan fingerprint density at radius 2 is 2.18 bits per heavy atom. The first-order valence-corrected chi connectivity index (χ1v) is 7.28. The van der Waals surface area contributed by atoms with Crippen molar-refractivity contribution in [2.24, 2.45) is 0 Å². The Labute approximate surface area is 104 Å². The number of aromatic carboxylic acids is 1. The van der Waals surface area contributed by atoms with Gasteiger partial charge in [0.2, 0.25) is 10.0 Å². The van der Waals surface area contributed by atoms with Gasteiger partial charge in [-0.25, -0.2) is 13.1 Å². The third kappa shape index (κ3) is 4.08. The third-order valence-corrected chi connectivity index (χ3v) is 4.89. The molecule has 0 radical (unpaired) electrons. The summed E-state index contributed by atoms with van der Waals surface area (Å²) < 4.78 is 25.9. The number of thiophene rings is 1. The summed E-state index contributed by atoms with van der Waals surface area (Å²) in [7, 11) is 0.216. The van der Waals surface area contributed by atoms with Crippen molar-refractivity contribution in [1.82, 2.24) is 4.72 Å². The van der Waals surface area contributed by atoms with Crippen LogP contribution in [0.4, 0.5) is 0 Å². The summed E-state index contributed by atoms with van der Waals surface area (Å²) >= 11 is 0.866. The van der Waals surface area contributed by atoms with Crippen LogP contribution in [0.25, 0.3) is 0 Å². The lowest BCUT2D eigenvalue weighted by Gasteiger charge is -2.07. The maximum atomic E-state index is 11.7. The van der Waals surface area contributed by atoms with Crippen molar-refractivity contribution in [2.75, 3.05) is 27.2 Å². The van der Waals surface area contributed by atoms with Crippen LogP contribution >= 0.6 is 11.3 Å². The maximum Gasteiger partial charge on any atom is 0.250 e. The molecule has 0 amide bonds. The first-order chi connectivity index (χ1) is 7.83. The molecule has 8 heteroatoms. The highest BCUT2D eigenvalue weighted by Crippen LogP contribution is 2.19. The van der Waals surface area contributed by atoms with Gasteiger partial charge in [0.05, 0.1) is 33.2 Å². The highest BCUT2D eigenvalue weighted by atomic mass is 32.2. The van der Waals surface area contributed by atoms with E-state index < -0.39 is 16.0 Å². The molecule has 0 spiro atoms. The molecule has 0 aliphatic heterocycles. The number of likely N-dealkylation sites (N-methyl/N-ethyl adjacent to an activating group) is 1. The molecule has 0 atom stereocenters. The van der Waals surface area contributed by atoms with Gasteiger partial charge in [0.25, 0.3) is 0 Å². The van der Waals surface area contributed by atoms with Crippen molar-refractivity contribution >= 4 is 27.3 Å². The number of hydrogen-bond donors (Lipinski definition) is 2. The van der Waals surface area contributed by atoms with Gasteiger partial charge in [-0.05, 0) is 6.07 Å². The number of quaternary nitrogens is 1. The molecule has 1 heterocycles. The Morgan fingerprint density at radius 1 is 1.53 bits per heavy atom. The van der Waals surface area contributed by atoms with Crippen molar-refractivity contribution in [1.29, 1.82) is 0 Å². The predicted octanol–water partition coefficient (Wildman–Crippen LogP) is -2.47. The number of nitrogens with one attached hydrogen (secondary N) is 2. The van der Waals surface area contributed by atoms with Crippen LogP contribution in [-0.2, 0) is 10.0 Å². The normalized spacial score (nSPS) is 11.9. The monoisotopic (exact) mass is 278 g/mol. The maximum absolute atomic E-state index is 11.7. The van der Waals surface area contributed by atoms with E-state index in [1.165, 1.54) is 5.38 Å². The highest BCUT2D eigenvalue weighted by Gasteiger charge is 2.16. The van der Waals surface area contributed by atoms with E-state index in [-0.39, 0.29) is 9.77 Å². The molecule has 2 N–H and O–H groups in total. The molecule has 1 rings (SSSR count). The summed E-state index contributed by atoms with van der Waals surface area (Å²) in [6.45, 7) is 0.959. The average molecular weight is 278 g/mol. The summed E-state index contributed by atoms with van der Waals surface area (Å²) in [4.78, 5) is 11.6. The molecule has 1 aromatic heterocycles. The number of carbonyl (C=O) groups is 1. The van der Waals surface area contributed by atoms with E-state index >= 15 is 0 Å². The number of rotatable bonds is 6. The van der Waals surface area contributed by atoms with Gasteiger partial charge in [0.1, 0.15) is 4.21 Å². The SMILES string of the molecule is C[NH+](C)CCNS(=O)(=O)c1cc(C(=O)[O-])cs1. The Bertz CT molecular complexity index is 493. The van der Waals surface area contributed by atoms with Gasteiger partial charge >= 0.3 is 0 Å². The van der Waals surface area contributed by atoms with E-state index in [4.69, 9.17) is 0 Å². The minimum atomic E-state index is -3.60. The molecule has 0 saturated carbocycles. The Hall–Kier alpha value is -0.960. The molecule has 1 aromatic rings. The molecule has 0 bridgehead atoms. The molecule has 17 heavy (non-hydrogen) atoms. The summed E-state index contributed by atoms with van der Waals surface area (Å²) in [6.07, 6.45) is 0. The Morgan fingerprint density at radius 3 is 2.65 bits per heavy atom. The van der Waals surface area contributed by atoms with Crippen LogP contribution in [-0.4, -0.2) is 41.6 Å². The largest absolute Gasteiger partial charge is 0.545 e. The fourth-order valence-corrected chi connectivity index (χ4v) is 3.30. The smallest absolute Gasteiger partial charge is 0.250 e. The van der Waals surface area contributed by atoms with Crippen LogP contribution in [0, 0.1) is 0 Å². The first-order valence-electron chi connectivity index (χ1n) is 4.91. The molecule has 0 aromatic carbocycles. The zero-order chi connectivity index (χ0) is 13.1. The van der Waals surface area contributed by atoms with E-state index in [9.17, 15) is 18.3 Å². The summed E-state index contributed by atoms with van der Waals surface area (Å²) in [5.41, 5.74) is -0.117. The third-order valence-electron chi connectivity index (χ3n) is 1.99. The second kappa shape index (κ2) is 5.58. The zero-order valence-corrected chi connectivity index (χ0v) is 11.2. The van der Waals surface area contributed by atoms with E-state index in [1.807, 2.05) is 14.1 Å². The molecule has 0 aliphatic carbocycles. The van der Waals surface area contributed by atoms with Crippen LogP contribution in [0.5, 0.6) is 0 Å². The molecule has 96 valence electrons. The molecular weight excluding hydrogens is 264 g/mol. The fraction of sp³-hybridized carbons (Fsp3) is 0.444. The first kappa shape index (κ1) is 14.1. The Kier molecular flexibility index (Phi) is 4.63. The molecule has 0 saturated heterocycles. The topological polar surface area (TPSA) is 90.7 Å². The van der Waals surface area contributed by atoms with Gasteiger partial charge in [0.15, 0.2) is 0 Å². The number of carboxylic acids is 1. The summed E-state index contributed by atoms with van der Waals surface area (Å²) in [5.74, 6) is -1.37. The van der Waals surface area contributed by atoms with Crippen molar-refractivity contribution in [3.63, 3.8) is 0 Å². The predicted molar refractivity (Wildman–Crippen MR) is 61.5 cm³/mol. The average Bonchev–Trinajstić information content (AvgIpc) is 2.65. The molecule has 0 unspecified atom stereocenters. The van der Waals surface area contributed by atoms with Crippen LogP contribution < -0.4 is 14.7 Å².